The van der Waals surface area contributed by atoms with Crippen molar-refractivity contribution < 1.29 is 24.9 Å². The molecule has 0 bridgehead atoms. The van der Waals surface area contributed by atoms with Crippen molar-refractivity contribution in [3.05, 3.63) is 54.6 Å². The van der Waals surface area contributed by atoms with Crippen LogP contribution in [-0.2, 0) is 4.79 Å². The predicted molar refractivity (Wildman–Crippen MR) is 124 cm³/mol. The highest BCUT2D eigenvalue weighted by molar-refractivity contribution is 5.75. The van der Waals surface area contributed by atoms with Crippen LogP contribution in [0.4, 0.5) is 0 Å². The summed E-state index contributed by atoms with van der Waals surface area (Å²) < 4.78 is 5.55. The molecule has 6 nitrogen and oxygen atoms in total. The van der Waals surface area contributed by atoms with Crippen LogP contribution in [0.2, 0.25) is 0 Å². The molecule has 32 heavy (non-hydrogen) atoms. The Bertz CT molecular complexity index is 746. The first-order chi connectivity index (χ1) is 15.5. The molecule has 3 rings (SSSR count). The Labute approximate surface area is 191 Å². The SMILES string of the molecule is O=C(CCC/C=C\C[C@@H]1[C@@H](/C=C/[C@H](O)COc2ccccc2)[C@H](O)C[C@@H]1O)NCC1CC1. The summed E-state index contributed by atoms with van der Waals surface area (Å²) in [5, 5.41) is 33.9. The second kappa shape index (κ2) is 12.8. The van der Waals surface area contributed by atoms with Crippen molar-refractivity contribution in [2.24, 2.45) is 17.8 Å². The highest BCUT2D eigenvalue weighted by Crippen LogP contribution is 2.36. The lowest BCUT2D eigenvalue weighted by Crippen LogP contribution is -2.24. The van der Waals surface area contributed by atoms with Crippen LogP contribution in [0.5, 0.6) is 5.75 Å². The zero-order valence-corrected chi connectivity index (χ0v) is 18.7. The standard InChI is InChI=1S/C26H37NO5/c28-20(18-32-21-8-4-3-5-9-21)14-15-23-22(24(29)16-25(23)30)10-6-1-2-7-11-26(31)27-17-19-12-13-19/h1,3-6,8-9,14-15,19-20,22-25,28-30H,2,7,10-13,16-18H2,(H,27,31)/b6-1-,15-14+/t20-,22+,23+,24-,25+/m0/s1. The van der Waals surface area contributed by atoms with E-state index in [0.29, 0.717) is 30.9 Å². The van der Waals surface area contributed by atoms with Gasteiger partial charge in [0, 0.05) is 25.3 Å². The van der Waals surface area contributed by atoms with Gasteiger partial charge in [0.2, 0.25) is 5.91 Å². The molecular formula is C26H37NO5. The van der Waals surface area contributed by atoms with E-state index in [9.17, 15) is 20.1 Å². The topological polar surface area (TPSA) is 99.0 Å². The summed E-state index contributed by atoms with van der Waals surface area (Å²) in [6, 6.07) is 9.30. The van der Waals surface area contributed by atoms with Crippen molar-refractivity contribution in [3.8, 4) is 5.75 Å². The first-order valence-electron chi connectivity index (χ1n) is 11.8. The number of ether oxygens (including phenoxy) is 1. The van der Waals surface area contributed by atoms with E-state index in [2.05, 4.69) is 11.4 Å². The fourth-order valence-corrected chi connectivity index (χ4v) is 4.14. The summed E-state index contributed by atoms with van der Waals surface area (Å²) in [6.45, 7) is 0.948. The number of benzene rings is 1. The Kier molecular flexibility index (Phi) is 9.78. The molecule has 5 atom stereocenters. The van der Waals surface area contributed by atoms with Crippen LogP contribution in [-0.4, -0.2) is 52.7 Å². The molecular weight excluding hydrogens is 406 g/mol. The van der Waals surface area contributed by atoms with Gasteiger partial charge in [-0.05, 0) is 56.1 Å². The fraction of sp³-hybridized carbons (Fsp3) is 0.577. The molecule has 1 aromatic rings. The summed E-state index contributed by atoms with van der Waals surface area (Å²) in [7, 11) is 0. The lowest BCUT2D eigenvalue weighted by atomic mass is 9.89. The quantitative estimate of drug-likeness (QED) is 0.278. The molecule has 0 unspecified atom stereocenters. The van der Waals surface area contributed by atoms with Crippen LogP contribution in [0.1, 0.15) is 44.9 Å². The van der Waals surface area contributed by atoms with Crippen LogP contribution in [0.25, 0.3) is 0 Å². The number of carbonyl (C=O) groups excluding carboxylic acids is 1. The van der Waals surface area contributed by atoms with Crippen LogP contribution in [0.15, 0.2) is 54.6 Å². The molecule has 4 N–H and O–H groups in total. The third-order valence-electron chi connectivity index (χ3n) is 6.27. The number of carbonyl (C=O) groups is 1. The van der Waals surface area contributed by atoms with Crippen LogP contribution >= 0.6 is 0 Å². The van der Waals surface area contributed by atoms with E-state index in [1.807, 2.05) is 42.5 Å². The molecule has 0 aliphatic heterocycles. The third-order valence-corrected chi connectivity index (χ3v) is 6.27. The van der Waals surface area contributed by atoms with E-state index >= 15 is 0 Å². The first kappa shape index (κ1) is 24.5. The number of para-hydroxylation sites is 1. The average Bonchev–Trinajstić information content (AvgIpc) is 3.58. The monoisotopic (exact) mass is 443 g/mol. The number of amides is 1. The maximum Gasteiger partial charge on any atom is 0.220 e. The van der Waals surface area contributed by atoms with Gasteiger partial charge in [-0.15, -0.1) is 0 Å². The Morgan fingerprint density at radius 1 is 1.16 bits per heavy atom. The molecule has 2 aliphatic carbocycles. The largest absolute Gasteiger partial charge is 0.491 e. The molecule has 0 heterocycles. The van der Waals surface area contributed by atoms with Crippen LogP contribution < -0.4 is 10.1 Å². The van der Waals surface area contributed by atoms with Gasteiger partial charge >= 0.3 is 0 Å². The molecule has 0 spiro atoms. The molecule has 2 aliphatic rings. The molecule has 0 saturated heterocycles. The molecule has 1 aromatic carbocycles. The van der Waals surface area contributed by atoms with Crippen molar-refractivity contribution in [2.75, 3.05) is 13.2 Å². The van der Waals surface area contributed by atoms with Crippen molar-refractivity contribution in [1.82, 2.24) is 5.32 Å². The maximum absolute atomic E-state index is 11.8. The highest BCUT2D eigenvalue weighted by Gasteiger charge is 2.39. The smallest absolute Gasteiger partial charge is 0.220 e. The van der Waals surface area contributed by atoms with Crippen molar-refractivity contribution in [2.45, 2.75) is 63.3 Å². The van der Waals surface area contributed by atoms with Gasteiger partial charge in [-0.1, -0.05) is 42.5 Å². The van der Waals surface area contributed by atoms with Gasteiger partial charge in [0.1, 0.15) is 18.5 Å². The van der Waals surface area contributed by atoms with Crippen LogP contribution in [0, 0.1) is 17.8 Å². The van der Waals surface area contributed by atoms with E-state index in [1.54, 1.807) is 6.08 Å². The molecule has 2 fully saturated rings. The first-order valence-corrected chi connectivity index (χ1v) is 11.8. The third kappa shape index (κ3) is 8.41. The second-order valence-corrected chi connectivity index (χ2v) is 9.03. The summed E-state index contributed by atoms with van der Waals surface area (Å²) in [4.78, 5) is 11.8. The molecule has 0 aromatic heterocycles. The Morgan fingerprint density at radius 2 is 1.94 bits per heavy atom. The van der Waals surface area contributed by atoms with E-state index in [4.69, 9.17) is 4.74 Å². The van der Waals surface area contributed by atoms with E-state index in [-0.39, 0.29) is 24.3 Å². The molecule has 1 amide bonds. The number of rotatable bonds is 13. The zero-order valence-electron chi connectivity index (χ0n) is 18.7. The van der Waals surface area contributed by atoms with E-state index in [1.165, 1.54) is 12.8 Å². The van der Waals surface area contributed by atoms with Crippen molar-refractivity contribution in [3.63, 3.8) is 0 Å². The number of hydrogen-bond donors (Lipinski definition) is 4. The van der Waals surface area contributed by atoms with Gasteiger partial charge in [0.25, 0.3) is 0 Å². The van der Waals surface area contributed by atoms with E-state index in [0.717, 1.165) is 19.4 Å². The van der Waals surface area contributed by atoms with Crippen molar-refractivity contribution >= 4 is 5.91 Å². The van der Waals surface area contributed by atoms with Gasteiger partial charge in [-0.25, -0.2) is 0 Å². The minimum atomic E-state index is -0.789. The van der Waals surface area contributed by atoms with Gasteiger partial charge in [0.15, 0.2) is 0 Å². The molecule has 0 radical (unpaired) electrons. The Morgan fingerprint density at radius 3 is 2.69 bits per heavy atom. The van der Waals surface area contributed by atoms with Gasteiger partial charge in [-0.2, -0.15) is 0 Å². The molecule has 2 saturated carbocycles. The zero-order chi connectivity index (χ0) is 22.8. The normalized spacial score (nSPS) is 26.6. The summed E-state index contributed by atoms with van der Waals surface area (Å²) in [6.07, 6.45) is 11.2. The number of aliphatic hydroxyl groups excluding tert-OH is 3. The minimum Gasteiger partial charge on any atom is -0.491 e. The lowest BCUT2D eigenvalue weighted by molar-refractivity contribution is -0.121. The van der Waals surface area contributed by atoms with Gasteiger partial charge in [0.05, 0.1) is 12.2 Å². The summed E-state index contributed by atoms with van der Waals surface area (Å²) in [5.74, 6) is 1.21. The highest BCUT2D eigenvalue weighted by atomic mass is 16.5. The van der Waals surface area contributed by atoms with Crippen molar-refractivity contribution in [1.29, 1.82) is 0 Å². The van der Waals surface area contributed by atoms with Crippen LogP contribution in [0.3, 0.4) is 0 Å². The number of nitrogens with one attached hydrogen (secondary N) is 1. The maximum atomic E-state index is 11.8. The summed E-state index contributed by atoms with van der Waals surface area (Å²) >= 11 is 0. The fourth-order valence-electron chi connectivity index (χ4n) is 4.14. The predicted octanol–water partition coefficient (Wildman–Crippen LogP) is 2.98. The number of unbranched alkanes of at least 4 members (excludes halogenated alkanes) is 1. The van der Waals surface area contributed by atoms with Gasteiger partial charge in [-0.3, -0.25) is 4.79 Å². The Hall–Kier alpha value is -2.15. The number of allylic oxidation sites excluding steroid dienone is 2. The minimum absolute atomic E-state index is 0.0958. The van der Waals surface area contributed by atoms with Gasteiger partial charge < -0.3 is 25.4 Å². The summed E-state index contributed by atoms with van der Waals surface area (Å²) in [5.41, 5.74) is 0. The number of aliphatic hydroxyl groups is 3. The second-order valence-electron chi connectivity index (χ2n) is 9.03. The lowest BCUT2D eigenvalue weighted by Gasteiger charge is -2.19. The number of hydrogen-bond acceptors (Lipinski definition) is 5. The molecule has 176 valence electrons. The van der Waals surface area contributed by atoms with E-state index < -0.39 is 18.3 Å². The Balaban J connectivity index is 1.37. The average molecular weight is 444 g/mol. The molecule has 6 heteroatoms.